The lowest BCUT2D eigenvalue weighted by Crippen LogP contribution is -2.26. The van der Waals surface area contributed by atoms with Crippen LogP contribution in [0.4, 0.5) is 10.1 Å². The Morgan fingerprint density at radius 2 is 1.96 bits per heavy atom. The van der Waals surface area contributed by atoms with E-state index >= 15 is 0 Å². The molecule has 1 aliphatic heterocycles. The summed E-state index contributed by atoms with van der Waals surface area (Å²) in [6.07, 6.45) is 4.01. The summed E-state index contributed by atoms with van der Waals surface area (Å²) in [6, 6.07) is 3.29. The molecule has 1 unspecified atom stereocenters. The third-order valence-corrected chi connectivity index (χ3v) is 4.43. The fourth-order valence-corrected chi connectivity index (χ4v) is 3.29. The van der Waals surface area contributed by atoms with E-state index in [1.54, 1.807) is 39.2 Å². The number of nitrogens with zero attached hydrogens (tertiary/aromatic N) is 3. The van der Waals surface area contributed by atoms with Gasteiger partial charge in [0, 0.05) is 6.54 Å². The first-order chi connectivity index (χ1) is 12.7. The van der Waals surface area contributed by atoms with Crippen molar-refractivity contribution >= 4 is 11.7 Å². The molecule has 0 fully saturated rings. The molecule has 0 saturated heterocycles. The minimum atomic E-state index is -0.605. The van der Waals surface area contributed by atoms with Gasteiger partial charge >= 0.3 is 5.97 Å². The monoisotopic (exact) mass is 373 g/mol. The number of esters is 1. The molecule has 0 amide bonds. The van der Waals surface area contributed by atoms with Gasteiger partial charge in [0.2, 0.25) is 5.82 Å². The number of carbonyl (C=O) groups is 1. The van der Waals surface area contributed by atoms with Crippen molar-refractivity contribution in [3.8, 4) is 5.75 Å². The number of hydrogen-bond acceptors (Lipinski definition) is 6. The first-order valence-corrected chi connectivity index (χ1v) is 8.92. The zero-order valence-electron chi connectivity index (χ0n) is 16.2. The summed E-state index contributed by atoms with van der Waals surface area (Å²) in [7, 11) is 1.46. The van der Waals surface area contributed by atoms with Crippen molar-refractivity contribution in [2.75, 3.05) is 12.0 Å². The summed E-state index contributed by atoms with van der Waals surface area (Å²) in [5.74, 6) is -0.668. The minimum Gasteiger partial charge on any atom is -0.494 e. The standard InChI is InChI=1S/C20H24FN3O3/c1-6-16-14-8-15(21)17(26-5)7-12(14)11-24(16)13-9-22-18(23-10-13)19(25)27-20(2,3)4/h7-10,16H,6,11H2,1-5H3. The molecule has 6 nitrogen and oxygen atoms in total. The molecule has 1 aromatic heterocycles. The summed E-state index contributed by atoms with van der Waals surface area (Å²) >= 11 is 0. The van der Waals surface area contributed by atoms with Gasteiger partial charge in [-0.05, 0) is 50.5 Å². The molecule has 1 aliphatic rings. The maximum absolute atomic E-state index is 14.1. The van der Waals surface area contributed by atoms with Gasteiger partial charge in [0.05, 0.1) is 31.2 Å². The maximum atomic E-state index is 14.1. The van der Waals surface area contributed by atoms with E-state index in [0.29, 0.717) is 6.54 Å². The SMILES string of the molecule is CCC1c2cc(F)c(OC)cc2CN1c1cnc(C(=O)OC(C)(C)C)nc1. The van der Waals surface area contributed by atoms with Gasteiger partial charge in [-0.2, -0.15) is 0 Å². The van der Waals surface area contributed by atoms with E-state index in [1.165, 1.54) is 13.2 Å². The van der Waals surface area contributed by atoms with Crippen LogP contribution in [-0.2, 0) is 11.3 Å². The summed E-state index contributed by atoms with van der Waals surface area (Å²) in [5.41, 5.74) is 2.11. The average Bonchev–Trinajstić information content (AvgIpc) is 2.96. The van der Waals surface area contributed by atoms with E-state index in [0.717, 1.165) is 23.2 Å². The van der Waals surface area contributed by atoms with Crippen molar-refractivity contribution in [1.82, 2.24) is 9.97 Å². The number of anilines is 1. The highest BCUT2D eigenvalue weighted by atomic mass is 19.1. The highest BCUT2D eigenvalue weighted by Gasteiger charge is 2.31. The zero-order valence-corrected chi connectivity index (χ0v) is 16.2. The summed E-state index contributed by atoms with van der Waals surface area (Å²) in [5, 5.41) is 0. The van der Waals surface area contributed by atoms with Crippen LogP contribution in [0.15, 0.2) is 24.5 Å². The van der Waals surface area contributed by atoms with E-state index < -0.39 is 11.6 Å². The summed E-state index contributed by atoms with van der Waals surface area (Å²) in [6.45, 7) is 8.02. The predicted octanol–water partition coefficient (Wildman–Crippen LogP) is 4.05. The Labute approximate surface area is 158 Å². The Hall–Kier alpha value is -2.70. The van der Waals surface area contributed by atoms with E-state index in [9.17, 15) is 9.18 Å². The van der Waals surface area contributed by atoms with Crippen molar-refractivity contribution in [2.45, 2.75) is 52.3 Å². The van der Waals surface area contributed by atoms with Gasteiger partial charge < -0.3 is 14.4 Å². The molecule has 3 rings (SSSR count). The molecule has 0 radical (unpaired) electrons. The van der Waals surface area contributed by atoms with Crippen LogP contribution in [-0.4, -0.2) is 28.6 Å². The Morgan fingerprint density at radius 1 is 1.30 bits per heavy atom. The van der Waals surface area contributed by atoms with E-state index in [4.69, 9.17) is 9.47 Å². The molecular weight excluding hydrogens is 349 g/mol. The van der Waals surface area contributed by atoms with Gasteiger partial charge in [0.1, 0.15) is 5.60 Å². The van der Waals surface area contributed by atoms with E-state index in [2.05, 4.69) is 14.9 Å². The van der Waals surface area contributed by atoms with Gasteiger partial charge in [-0.1, -0.05) is 6.92 Å². The molecule has 0 aliphatic carbocycles. The molecule has 2 heterocycles. The highest BCUT2D eigenvalue weighted by molar-refractivity contribution is 5.85. The molecule has 0 bridgehead atoms. The van der Waals surface area contributed by atoms with Gasteiger partial charge in [-0.25, -0.2) is 19.2 Å². The summed E-state index contributed by atoms with van der Waals surface area (Å²) in [4.78, 5) is 22.5. The number of rotatable bonds is 4. The number of ether oxygens (including phenoxy) is 2. The fourth-order valence-electron chi connectivity index (χ4n) is 3.29. The van der Waals surface area contributed by atoms with Crippen LogP contribution in [0.3, 0.4) is 0 Å². The van der Waals surface area contributed by atoms with Crippen LogP contribution in [0.5, 0.6) is 5.75 Å². The molecule has 27 heavy (non-hydrogen) atoms. The number of fused-ring (bicyclic) bond motifs is 1. The van der Waals surface area contributed by atoms with Crippen LogP contribution in [0.25, 0.3) is 0 Å². The van der Waals surface area contributed by atoms with E-state index in [-0.39, 0.29) is 23.4 Å². The number of carbonyl (C=O) groups excluding carboxylic acids is 1. The first-order valence-electron chi connectivity index (χ1n) is 8.92. The largest absolute Gasteiger partial charge is 0.494 e. The molecule has 1 aromatic carbocycles. The normalized spacial score (nSPS) is 16.2. The lowest BCUT2D eigenvalue weighted by molar-refractivity contribution is 0.00555. The molecule has 144 valence electrons. The highest BCUT2D eigenvalue weighted by Crippen LogP contribution is 2.41. The Balaban J connectivity index is 1.85. The second kappa shape index (κ2) is 7.13. The topological polar surface area (TPSA) is 64.5 Å². The second-order valence-corrected chi connectivity index (χ2v) is 7.50. The number of benzene rings is 1. The summed E-state index contributed by atoms with van der Waals surface area (Å²) < 4.78 is 24.5. The predicted molar refractivity (Wildman–Crippen MR) is 99.4 cm³/mol. The van der Waals surface area contributed by atoms with Gasteiger partial charge in [0.25, 0.3) is 0 Å². The van der Waals surface area contributed by atoms with Crippen LogP contribution in [0, 0.1) is 5.82 Å². The van der Waals surface area contributed by atoms with Crippen LogP contribution in [0.1, 0.15) is 61.9 Å². The van der Waals surface area contributed by atoms with Gasteiger partial charge in [0.15, 0.2) is 11.6 Å². The molecule has 0 saturated carbocycles. The number of methoxy groups -OCH3 is 1. The van der Waals surface area contributed by atoms with Crippen LogP contribution >= 0.6 is 0 Å². The van der Waals surface area contributed by atoms with Crippen molar-refractivity contribution < 1.29 is 18.7 Å². The minimum absolute atomic E-state index is 0.0105. The average molecular weight is 373 g/mol. The van der Waals surface area contributed by atoms with Crippen LogP contribution in [0.2, 0.25) is 0 Å². The van der Waals surface area contributed by atoms with Crippen molar-refractivity contribution in [1.29, 1.82) is 0 Å². The van der Waals surface area contributed by atoms with Crippen LogP contribution < -0.4 is 9.64 Å². The van der Waals surface area contributed by atoms with Crippen molar-refractivity contribution in [3.05, 3.63) is 47.3 Å². The molecular formula is C20H24FN3O3. The van der Waals surface area contributed by atoms with Crippen molar-refractivity contribution in [3.63, 3.8) is 0 Å². The smallest absolute Gasteiger partial charge is 0.376 e. The zero-order chi connectivity index (χ0) is 19.8. The first kappa shape index (κ1) is 19.1. The number of hydrogen-bond donors (Lipinski definition) is 0. The molecule has 7 heteroatoms. The van der Waals surface area contributed by atoms with Crippen molar-refractivity contribution in [2.24, 2.45) is 0 Å². The lowest BCUT2D eigenvalue weighted by Gasteiger charge is -2.26. The van der Waals surface area contributed by atoms with Gasteiger partial charge in [-0.15, -0.1) is 0 Å². The maximum Gasteiger partial charge on any atom is 0.376 e. The quantitative estimate of drug-likeness (QED) is 0.754. The number of halogens is 1. The van der Waals surface area contributed by atoms with Gasteiger partial charge in [-0.3, -0.25) is 0 Å². The Morgan fingerprint density at radius 3 is 2.52 bits per heavy atom. The Bertz CT molecular complexity index is 847. The Kier molecular flexibility index (Phi) is 5.04. The second-order valence-electron chi connectivity index (χ2n) is 7.50. The fraction of sp³-hybridized carbons (Fsp3) is 0.450. The van der Waals surface area contributed by atoms with E-state index in [1.807, 2.05) is 6.92 Å². The molecule has 0 spiro atoms. The molecule has 2 aromatic rings. The third-order valence-electron chi connectivity index (χ3n) is 4.43. The number of aromatic nitrogens is 2. The third kappa shape index (κ3) is 3.86. The molecule has 0 N–H and O–H groups in total. The lowest BCUT2D eigenvalue weighted by atomic mass is 10.0. The molecule has 1 atom stereocenters.